The smallest absolute Gasteiger partial charge is 0.407 e. The van der Waals surface area contributed by atoms with Crippen molar-refractivity contribution in [3.05, 3.63) is 59.7 Å². The maximum absolute atomic E-state index is 12.7. The molecule has 3 N–H and O–H groups in total. The summed E-state index contributed by atoms with van der Waals surface area (Å²) in [4.78, 5) is 36.4. The number of carbonyl (C=O) groups excluding carboxylic acids is 2. The molecule has 1 aliphatic rings. The predicted octanol–water partition coefficient (Wildman–Crippen LogP) is 4.17. The van der Waals surface area contributed by atoms with Gasteiger partial charge >= 0.3 is 12.1 Å². The molecule has 0 radical (unpaired) electrons. The van der Waals surface area contributed by atoms with E-state index in [2.05, 4.69) is 22.8 Å². The molecule has 0 saturated carbocycles. The Hall–Kier alpha value is -3.35. The summed E-state index contributed by atoms with van der Waals surface area (Å²) in [6, 6.07) is 15.3. The molecule has 0 bridgehead atoms. The van der Waals surface area contributed by atoms with E-state index >= 15 is 0 Å². The molecule has 176 valence electrons. The zero-order valence-corrected chi connectivity index (χ0v) is 19.6. The highest BCUT2D eigenvalue weighted by Crippen LogP contribution is 2.44. The molecular weight excluding hydrogens is 420 g/mol. The van der Waals surface area contributed by atoms with E-state index in [0.29, 0.717) is 6.42 Å². The number of fused-ring (bicyclic) bond motifs is 3. The summed E-state index contributed by atoms with van der Waals surface area (Å²) >= 11 is 0. The van der Waals surface area contributed by atoms with Gasteiger partial charge in [0.15, 0.2) is 0 Å². The number of amides is 2. The summed E-state index contributed by atoms with van der Waals surface area (Å²) < 4.78 is 5.58. The summed E-state index contributed by atoms with van der Waals surface area (Å²) in [6.45, 7) is 7.51. The van der Waals surface area contributed by atoms with Crippen LogP contribution in [0.2, 0.25) is 0 Å². The lowest BCUT2D eigenvalue weighted by Crippen LogP contribution is -2.54. The molecule has 2 aromatic carbocycles. The van der Waals surface area contributed by atoms with Gasteiger partial charge in [0.25, 0.3) is 0 Å². The lowest BCUT2D eigenvalue weighted by molar-refractivity contribution is -0.141. The van der Waals surface area contributed by atoms with Gasteiger partial charge in [0, 0.05) is 12.5 Å². The lowest BCUT2D eigenvalue weighted by atomic mass is 9.86. The highest BCUT2D eigenvalue weighted by molar-refractivity contribution is 5.86. The molecular formula is C26H32N2O5. The Kier molecular flexibility index (Phi) is 7.41. The van der Waals surface area contributed by atoms with Crippen molar-refractivity contribution in [2.45, 2.75) is 46.1 Å². The van der Waals surface area contributed by atoms with Crippen molar-refractivity contribution in [2.24, 2.45) is 11.3 Å². The number of ether oxygens (including phenoxy) is 1. The predicted molar refractivity (Wildman–Crippen MR) is 126 cm³/mol. The average Bonchev–Trinajstić information content (AvgIpc) is 3.08. The molecule has 0 aliphatic heterocycles. The summed E-state index contributed by atoms with van der Waals surface area (Å²) in [5.74, 6) is -1.90. The molecule has 2 aromatic rings. The van der Waals surface area contributed by atoms with Gasteiger partial charge in [0.05, 0.1) is 5.92 Å². The maximum Gasteiger partial charge on any atom is 0.407 e. The minimum atomic E-state index is -0.909. The number of carboxylic acids is 1. The molecule has 1 unspecified atom stereocenters. The van der Waals surface area contributed by atoms with Crippen molar-refractivity contribution >= 4 is 18.0 Å². The van der Waals surface area contributed by atoms with Gasteiger partial charge in [-0.3, -0.25) is 9.59 Å². The van der Waals surface area contributed by atoms with Gasteiger partial charge in [-0.1, -0.05) is 76.2 Å². The minimum Gasteiger partial charge on any atom is -0.481 e. The molecule has 2 amide bonds. The van der Waals surface area contributed by atoms with Crippen LogP contribution in [0, 0.1) is 11.3 Å². The summed E-state index contributed by atoms with van der Waals surface area (Å²) in [6.07, 6.45) is -0.353. The molecule has 0 heterocycles. The molecule has 7 heteroatoms. The maximum atomic E-state index is 12.7. The Bertz CT molecular complexity index is 982. The van der Waals surface area contributed by atoms with Crippen LogP contribution in [0.3, 0.4) is 0 Å². The average molecular weight is 453 g/mol. The van der Waals surface area contributed by atoms with E-state index in [-0.39, 0.29) is 25.0 Å². The highest BCUT2D eigenvalue weighted by atomic mass is 16.5. The second-order valence-corrected chi connectivity index (χ2v) is 9.59. The first-order valence-corrected chi connectivity index (χ1v) is 11.2. The number of hydrogen-bond donors (Lipinski definition) is 3. The first-order chi connectivity index (χ1) is 15.6. The van der Waals surface area contributed by atoms with Gasteiger partial charge in [-0.25, -0.2) is 4.79 Å². The third kappa shape index (κ3) is 5.72. The molecule has 2 atom stereocenters. The number of rotatable bonds is 8. The summed E-state index contributed by atoms with van der Waals surface area (Å²) in [7, 11) is 0. The number of hydrogen-bond acceptors (Lipinski definition) is 4. The zero-order valence-electron chi connectivity index (χ0n) is 19.6. The molecule has 1 aliphatic carbocycles. The van der Waals surface area contributed by atoms with E-state index in [0.717, 1.165) is 22.3 Å². The monoisotopic (exact) mass is 452 g/mol. The first-order valence-electron chi connectivity index (χ1n) is 11.2. The topological polar surface area (TPSA) is 105 Å². The van der Waals surface area contributed by atoms with Gasteiger partial charge in [-0.15, -0.1) is 0 Å². The quantitative estimate of drug-likeness (QED) is 0.558. The highest BCUT2D eigenvalue weighted by Gasteiger charge is 2.34. The third-order valence-corrected chi connectivity index (χ3v) is 6.03. The van der Waals surface area contributed by atoms with Gasteiger partial charge in [0.1, 0.15) is 12.6 Å². The van der Waals surface area contributed by atoms with E-state index in [1.807, 2.05) is 57.2 Å². The lowest BCUT2D eigenvalue weighted by Gasteiger charge is -2.30. The number of aliphatic carboxylic acids is 1. The molecule has 0 aromatic heterocycles. The van der Waals surface area contributed by atoms with Crippen molar-refractivity contribution in [3.8, 4) is 11.1 Å². The Morgan fingerprint density at radius 3 is 2.06 bits per heavy atom. The normalized spacial score (nSPS) is 14.5. The number of carboxylic acid groups (broad SMARTS) is 1. The second kappa shape index (κ2) is 10.1. The van der Waals surface area contributed by atoms with Gasteiger partial charge in [-0.2, -0.15) is 0 Å². The van der Waals surface area contributed by atoms with E-state index in [1.54, 1.807) is 6.92 Å². The summed E-state index contributed by atoms with van der Waals surface area (Å²) in [5, 5.41) is 14.4. The van der Waals surface area contributed by atoms with Crippen LogP contribution in [0.1, 0.15) is 51.2 Å². The Labute approximate surface area is 194 Å². The van der Waals surface area contributed by atoms with Gasteiger partial charge < -0.3 is 20.5 Å². The Balaban J connectivity index is 1.62. The second-order valence-electron chi connectivity index (χ2n) is 9.59. The standard InChI is InChI=1S/C26H32N2O5/c1-16(24(30)31)13-14-27-23(29)22(26(2,3)4)28-25(32)33-15-21-19-11-7-5-9-17(19)18-10-6-8-12-20(18)21/h5-12,16,21-22H,13-15H2,1-4H3,(H,27,29)(H,28,32)(H,30,31)/t16?,22-/m0/s1. The number of nitrogens with one attached hydrogen (secondary N) is 2. The summed E-state index contributed by atoms with van der Waals surface area (Å²) in [5.41, 5.74) is 3.95. The molecule has 0 spiro atoms. The van der Waals surface area contributed by atoms with Crippen LogP contribution in [-0.4, -0.2) is 42.3 Å². The van der Waals surface area contributed by atoms with Crippen molar-refractivity contribution in [3.63, 3.8) is 0 Å². The molecule has 7 nitrogen and oxygen atoms in total. The van der Waals surface area contributed by atoms with Crippen LogP contribution in [-0.2, 0) is 14.3 Å². The Morgan fingerprint density at radius 2 is 1.55 bits per heavy atom. The van der Waals surface area contributed by atoms with Crippen LogP contribution in [0.4, 0.5) is 4.79 Å². The molecule has 0 fully saturated rings. The van der Waals surface area contributed by atoms with Crippen molar-refractivity contribution in [1.82, 2.24) is 10.6 Å². The SMILES string of the molecule is CC(CCNC(=O)[C@H](NC(=O)OCC1c2ccccc2-c2ccccc21)C(C)(C)C)C(=O)O. The molecule has 3 rings (SSSR count). The largest absolute Gasteiger partial charge is 0.481 e. The number of carbonyl (C=O) groups is 3. The van der Waals surface area contributed by atoms with Crippen molar-refractivity contribution < 1.29 is 24.2 Å². The first kappa shape index (κ1) is 24.3. The number of alkyl carbamates (subject to hydrolysis) is 1. The number of benzene rings is 2. The fourth-order valence-corrected chi connectivity index (χ4v) is 4.07. The minimum absolute atomic E-state index is 0.0671. The van der Waals surface area contributed by atoms with Crippen LogP contribution in [0.5, 0.6) is 0 Å². The van der Waals surface area contributed by atoms with E-state index in [9.17, 15) is 14.4 Å². The van der Waals surface area contributed by atoms with Gasteiger partial charge in [0.2, 0.25) is 5.91 Å². The van der Waals surface area contributed by atoms with Crippen LogP contribution in [0.25, 0.3) is 11.1 Å². The van der Waals surface area contributed by atoms with E-state index < -0.39 is 29.4 Å². The van der Waals surface area contributed by atoms with Crippen LogP contribution >= 0.6 is 0 Å². The van der Waals surface area contributed by atoms with E-state index in [4.69, 9.17) is 9.84 Å². The zero-order chi connectivity index (χ0) is 24.2. The molecule has 33 heavy (non-hydrogen) atoms. The fourth-order valence-electron chi connectivity index (χ4n) is 4.07. The Morgan fingerprint density at radius 1 is 1.00 bits per heavy atom. The fraction of sp³-hybridized carbons (Fsp3) is 0.423. The van der Waals surface area contributed by atoms with Crippen molar-refractivity contribution in [1.29, 1.82) is 0 Å². The molecule has 0 saturated heterocycles. The third-order valence-electron chi connectivity index (χ3n) is 6.03. The van der Waals surface area contributed by atoms with E-state index in [1.165, 1.54) is 0 Å². The van der Waals surface area contributed by atoms with Crippen LogP contribution in [0.15, 0.2) is 48.5 Å². The van der Waals surface area contributed by atoms with Crippen molar-refractivity contribution in [2.75, 3.05) is 13.2 Å². The van der Waals surface area contributed by atoms with Crippen LogP contribution < -0.4 is 10.6 Å². The van der Waals surface area contributed by atoms with Gasteiger partial charge in [-0.05, 0) is 34.1 Å².